The first-order valence-electron chi connectivity index (χ1n) is 7.14. The third-order valence-electron chi connectivity index (χ3n) is 3.83. The Balaban J connectivity index is 1.92. The van der Waals surface area contributed by atoms with Gasteiger partial charge in [0.1, 0.15) is 0 Å². The Kier molecular flexibility index (Phi) is 4.96. The minimum atomic E-state index is 0.250. The van der Waals surface area contributed by atoms with Crippen LogP contribution in [-0.2, 0) is 4.79 Å². The number of rotatable bonds is 5. The predicted octanol–water partition coefficient (Wildman–Crippen LogP) is 1.39. The van der Waals surface area contributed by atoms with Crippen LogP contribution in [0.4, 0.5) is 0 Å². The Labute approximate surface area is 115 Å². The van der Waals surface area contributed by atoms with Crippen molar-refractivity contribution in [2.24, 2.45) is 0 Å². The van der Waals surface area contributed by atoms with E-state index in [0.29, 0.717) is 6.42 Å². The zero-order chi connectivity index (χ0) is 13.7. The van der Waals surface area contributed by atoms with Crippen LogP contribution in [0.5, 0.6) is 0 Å². The zero-order valence-corrected chi connectivity index (χ0v) is 12.0. The molecule has 19 heavy (non-hydrogen) atoms. The van der Waals surface area contributed by atoms with Gasteiger partial charge in [0.15, 0.2) is 0 Å². The van der Waals surface area contributed by atoms with Gasteiger partial charge in [-0.15, -0.1) is 0 Å². The molecule has 0 N–H and O–H groups in total. The molecule has 0 aromatic carbocycles. The van der Waals surface area contributed by atoms with Crippen LogP contribution in [0.1, 0.15) is 32.2 Å². The number of carbonyl (C=O) groups is 1. The number of hydrogen-bond acceptors (Lipinski definition) is 3. The van der Waals surface area contributed by atoms with Crippen LogP contribution in [0.2, 0.25) is 0 Å². The van der Waals surface area contributed by atoms with Gasteiger partial charge in [-0.1, -0.05) is 13.3 Å². The molecule has 1 aromatic rings. The van der Waals surface area contributed by atoms with E-state index < -0.39 is 0 Å². The average Bonchev–Trinajstić information content (AvgIpc) is 2.92. The van der Waals surface area contributed by atoms with E-state index in [1.165, 1.54) is 0 Å². The van der Waals surface area contributed by atoms with E-state index in [1.807, 2.05) is 17.4 Å². The number of amides is 1. The standard InChI is InChI=1S/C14H24N4O/c1-3-4-13(18-6-5-15-12-18)11-14(19)17-9-7-16(2)8-10-17/h5-6,12-13H,3-4,7-11H2,1-2H3. The lowest BCUT2D eigenvalue weighted by Gasteiger charge is -2.33. The van der Waals surface area contributed by atoms with Crippen molar-refractivity contribution in [2.75, 3.05) is 33.2 Å². The SMILES string of the molecule is CCCC(CC(=O)N1CCN(C)CC1)n1ccnc1. The number of nitrogens with zero attached hydrogens (tertiary/aromatic N) is 4. The van der Waals surface area contributed by atoms with Crippen LogP contribution in [0.15, 0.2) is 18.7 Å². The highest BCUT2D eigenvalue weighted by Gasteiger charge is 2.22. The summed E-state index contributed by atoms with van der Waals surface area (Å²) >= 11 is 0. The van der Waals surface area contributed by atoms with Crippen molar-refractivity contribution in [1.82, 2.24) is 19.4 Å². The lowest BCUT2D eigenvalue weighted by atomic mass is 10.1. The summed E-state index contributed by atoms with van der Waals surface area (Å²) in [5.74, 6) is 0.278. The summed E-state index contributed by atoms with van der Waals surface area (Å²) in [5, 5.41) is 0. The van der Waals surface area contributed by atoms with Crippen LogP contribution in [-0.4, -0.2) is 58.5 Å². The Hall–Kier alpha value is -1.36. The van der Waals surface area contributed by atoms with Gasteiger partial charge in [-0.05, 0) is 13.5 Å². The molecule has 106 valence electrons. The van der Waals surface area contributed by atoms with Crippen LogP contribution >= 0.6 is 0 Å². The largest absolute Gasteiger partial charge is 0.340 e. The highest BCUT2D eigenvalue weighted by atomic mass is 16.2. The van der Waals surface area contributed by atoms with Gasteiger partial charge in [0.05, 0.1) is 6.33 Å². The molecule has 0 aliphatic carbocycles. The van der Waals surface area contributed by atoms with Crippen molar-refractivity contribution >= 4 is 5.91 Å². The van der Waals surface area contributed by atoms with Crippen LogP contribution in [0.25, 0.3) is 0 Å². The molecule has 5 nitrogen and oxygen atoms in total. The quantitative estimate of drug-likeness (QED) is 0.807. The Morgan fingerprint density at radius 1 is 1.32 bits per heavy atom. The summed E-state index contributed by atoms with van der Waals surface area (Å²) in [7, 11) is 2.10. The minimum absolute atomic E-state index is 0.250. The number of imidazole rings is 1. The smallest absolute Gasteiger partial charge is 0.224 e. The molecule has 2 heterocycles. The molecule has 1 aliphatic rings. The lowest BCUT2D eigenvalue weighted by Crippen LogP contribution is -2.47. The molecule has 1 fully saturated rings. The summed E-state index contributed by atoms with van der Waals surface area (Å²) in [6.45, 7) is 5.84. The van der Waals surface area contributed by atoms with Crippen LogP contribution < -0.4 is 0 Å². The van der Waals surface area contributed by atoms with E-state index in [9.17, 15) is 4.79 Å². The van der Waals surface area contributed by atoms with Crippen LogP contribution in [0, 0.1) is 0 Å². The van der Waals surface area contributed by atoms with E-state index in [4.69, 9.17) is 0 Å². The molecule has 1 atom stereocenters. The summed E-state index contributed by atoms with van der Waals surface area (Å²) in [4.78, 5) is 20.7. The van der Waals surface area contributed by atoms with Crippen molar-refractivity contribution < 1.29 is 4.79 Å². The van der Waals surface area contributed by atoms with Gasteiger partial charge in [-0.2, -0.15) is 0 Å². The fraction of sp³-hybridized carbons (Fsp3) is 0.714. The highest BCUT2D eigenvalue weighted by molar-refractivity contribution is 5.76. The van der Waals surface area contributed by atoms with E-state index in [0.717, 1.165) is 39.0 Å². The van der Waals surface area contributed by atoms with E-state index in [2.05, 4.69) is 28.4 Å². The Morgan fingerprint density at radius 2 is 2.05 bits per heavy atom. The molecule has 1 unspecified atom stereocenters. The number of likely N-dealkylation sites (N-methyl/N-ethyl adjacent to an activating group) is 1. The van der Waals surface area contributed by atoms with Crippen molar-refractivity contribution in [3.05, 3.63) is 18.7 Å². The number of piperazine rings is 1. The van der Waals surface area contributed by atoms with Crippen molar-refractivity contribution in [1.29, 1.82) is 0 Å². The monoisotopic (exact) mass is 264 g/mol. The maximum atomic E-state index is 12.4. The second-order valence-corrected chi connectivity index (χ2v) is 5.34. The van der Waals surface area contributed by atoms with Gasteiger partial charge in [-0.3, -0.25) is 4.79 Å². The second kappa shape index (κ2) is 6.70. The second-order valence-electron chi connectivity index (χ2n) is 5.34. The Bertz CT molecular complexity index is 382. The average molecular weight is 264 g/mol. The number of aromatic nitrogens is 2. The van der Waals surface area contributed by atoms with Crippen molar-refractivity contribution in [3.8, 4) is 0 Å². The van der Waals surface area contributed by atoms with Gasteiger partial charge in [0.25, 0.3) is 0 Å². The van der Waals surface area contributed by atoms with Gasteiger partial charge in [-0.25, -0.2) is 4.98 Å². The number of carbonyl (C=O) groups excluding carboxylic acids is 1. The van der Waals surface area contributed by atoms with Crippen molar-refractivity contribution in [3.63, 3.8) is 0 Å². The Morgan fingerprint density at radius 3 is 2.63 bits per heavy atom. The molecular formula is C14H24N4O. The molecule has 0 saturated carbocycles. The summed E-state index contributed by atoms with van der Waals surface area (Å²) in [5.41, 5.74) is 0. The molecule has 2 rings (SSSR count). The normalized spacial score (nSPS) is 18.5. The first-order chi connectivity index (χ1) is 9.20. The first kappa shape index (κ1) is 14.1. The highest BCUT2D eigenvalue weighted by Crippen LogP contribution is 2.19. The van der Waals surface area contributed by atoms with Gasteiger partial charge in [0.2, 0.25) is 5.91 Å². The fourth-order valence-corrected chi connectivity index (χ4v) is 2.56. The minimum Gasteiger partial charge on any atom is -0.340 e. The van der Waals surface area contributed by atoms with Crippen LogP contribution in [0.3, 0.4) is 0 Å². The molecule has 1 aliphatic heterocycles. The van der Waals surface area contributed by atoms with E-state index in [1.54, 1.807) is 6.20 Å². The first-order valence-corrected chi connectivity index (χ1v) is 7.14. The molecule has 1 amide bonds. The lowest BCUT2D eigenvalue weighted by molar-refractivity contribution is -0.133. The third-order valence-corrected chi connectivity index (χ3v) is 3.83. The third kappa shape index (κ3) is 3.80. The maximum Gasteiger partial charge on any atom is 0.224 e. The molecule has 5 heteroatoms. The summed E-state index contributed by atoms with van der Waals surface area (Å²) < 4.78 is 2.07. The molecule has 0 radical (unpaired) electrons. The predicted molar refractivity (Wildman–Crippen MR) is 74.9 cm³/mol. The maximum absolute atomic E-state index is 12.4. The molecule has 0 bridgehead atoms. The molecule has 1 aromatic heterocycles. The van der Waals surface area contributed by atoms with Gasteiger partial charge < -0.3 is 14.4 Å². The topological polar surface area (TPSA) is 41.4 Å². The van der Waals surface area contributed by atoms with E-state index >= 15 is 0 Å². The summed E-state index contributed by atoms with van der Waals surface area (Å²) in [6.07, 6.45) is 8.25. The number of hydrogen-bond donors (Lipinski definition) is 0. The van der Waals surface area contributed by atoms with Crippen molar-refractivity contribution in [2.45, 2.75) is 32.2 Å². The van der Waals surface area contributed by atoms with Gasteiger partial charge in [0, 0.05) is 51.0 Å². The molecular weight excluding hydrogens is 240 g/mol. The zero-order valence-electron chi connectivity index (χ0n) is 12.0. The van der Waals surface area contributed by atoms with E-state index in [-0.39, 0.29) is 11.9 Å². The van der Waals surface area contributed by atoms with Gasteiger partial charge >= 0.3 is 0 Å². The molecule has 0 spiro atoms. The summed E-state index contributed by atoms with van der Waals surface area (Å²) in [6, 6.07) is 0.250. The fourth-order valence-electron chi connectivity index (χ4n) is 2.56. The molecule has 1 saturated heterocycles.